The van der Waals surface area contributed by atoms with E-state index >= 15 is 0 Å². The summed E-state index contributed by atoms with van der Waals surface area (Å²) in [7, 11) is 0. The van der Waals surface area contributed by atoms with E-state index in [0.29, 0.717) is 38.3 Å². The van der Waals surface area contributed by atoms with Crippen molar-refractivity contribution >= 4 is 17.7 Å². The molecule has 2 aliphatic rings. The van der Waals surface area contributed by atoms with Crippen molar-refractivity contribution in [1.29, 1.82) is 0 Å². The minimum atomic E-state index is -0.312. The molecule has 0 aliphatic carbocycles. The second kappa shape index (κ2) is 9.55. The highest BCUT2D eigenvalue weighted by Gasteiger charge is 2.39. The van der Waals surface area contributed by atoms with Gasteiger partial charge in [0.1, 0.15) is 0 Å². The molecular formula is C26H31N3O3. The Balaban J connectivity index is 1.36. The third-order valence-corrected chi connectivity index (χ3v) is 6.65. The molecule has 2 atom stereocenters. The van der Waals surface area contributed by atoms with Gasteiger partial charge in [0.15, 0.2) is 0 Å². The topological polar surface area (TPSA) is 60.9 Å². The molecule has 2 fully saturated rings. The maximum absolute atomic E-state index is 13.2. The molecule has 2 heterocycles. The normalized spacial score (nSPS) is 20.2. The Bertz CT molecular complexity index is 974. The second-order valence-electron chi connectivity index (χ2n) is 8.87. The highest BCUT2D eigenvalue weighted by atomic mass is 16.2. The fraction of sp³-hybridized carbons (Fsp3) is 0.423. The Morgan fingerprint density at radius 3 is 2.28 bits per heavy atom. The maximum atomic E-state index is 13.2. The summed E-state index contributed by atoms with van der Waals surface area (Å²) in [6, 6.07) is 17.5. The molecule has 6 nitrogen and oxygen atoms in total. The third kappa shape index (κ3) is 4.69. The first-order valence-electron chi connectivity index (χ1n) is 11.4. The predicted octanol–water partition coefficient (Wildman–Crippen LogP) is 3.28. The highest BCUT2D eigenvalue weighted by Crippen LogP contribution is 2.29. The Morgan fingerprint density at radius 2 is 1.56 bits per heavy atom. The van der Waals surface area contributed by atoms with E-state index in [1.54, 1.807) is 0 Å². The fourth-order valence-corrected chi connectivity index (χ4v) is 4.66. The smallest absolute Gasteiger partial charge is 0.253 e. The number of hydrogen-bond acceptors (Lipinski definition) is 3. The average molecular weight is 434 g/mol. The zero-order valence-corrected chi connectivity index (χ0v) is 18.9. The van der Waals surface area contributed by atoms with Crippen LogP contribution in [0.2, 0.25) is 0 Å². The first kappa shape index (κ1) is 22.1. The Morgan fingerprint density at radius 1 is 0.906 bits per heavy atom. The van der Waals surface area contributed by atoms with Gasteiger partial charge in [-0.05, 0) is 38.0 Å². The van der Waals surface area contributed by atoms with Gasteiger partial charge >= 0.3 is 0 Å². The van der Waals surface area contributed by atoms with Crippen molar-refractivity contribution in [1.82, 2.24) is 14.7 Å². The lowest BCUT2D eigenvalue weighted by Crippen LogP contribution is -2.40. The molecule has 2 unspecified atom stereocenters. The summed E-state index contributed by atoms with van der Waals surface area (Å²) in [6.45, 7) is 6.75. The van der Waals surface area contributed by atoms with Crippen LogP contribution in [0.4, 0.5) is 0 Å². The van der Waals surface area contributed by atoms with Gasteiger partial charge in [-0.25, -0.2) is 0 Å². The molecule has 4 rings (SSSR count). The van der Waals surface area contributed by atoms with Crippen LogP contribution in [0.5, 0.6) is 0 Å². The summed E-state index contributed by atoms with van der Waals surface area (Å²) in [5.41, 5.74) is 2.88. The number of likely N-dealkylation sites (tertiary alicyclic amines) is 1. The van der Waals surface area contributed by atoms with Gasteiger partial charge in [0.05, 0.1) is 12.0 Å². The second-order valence-corrected chi connectivity index (χ2v) is 8.87. The van der Waals surface area contributed by atoms with E-state index in [4.69, 9.17) is 0 Å². The van der Waals surface area contributed by atoms with Crippen LogP contribution in [0.1, 0.15) is 47.3 Å². The number of benzene rings is 2. The molecule has 2 aromatic rings. The van der Waals surface area contributed by atoms with Crippen molar-refractivity contribution in [2.75, 3.05) is 32.7 Å². The summed E-state index contributed by atoms with van der Waals surface area (Å²) in [5, 5.41) is 0. The van der Waals surface area contributed by atoms with Gasteiger partial charge in [-0.2, -0.15) is 0 Å². The van der Waals surface area contributed by atoms with Gasteiger partial charge in [0.25, 0.3) is 5.91 Å². The van der Waals surface area contributed by atoms with Gasteiger partial charge in [-0.3, -0.25) is 14.4 Å². The van der Waals surface area contributed by atoms with E-state index in [-0.39, 0.29) is 36.1 Å². The number of nitrogens with zero attached hydrogens (tertiary/aromatic N) is 3. The number of hydrogen-bond donors (Lipinski definition) is 0. The number of aryl methyl sites for hydroxylation is 1. The minimum Gasteiger partial charge on any atom is -0.341 e. The summed E-state index contributed by atoms with van der Waals surface area (Å²) < 4.78 is 0. The lowest BCUT2D eigenvalue weighted by Gasteiger charge is -2.27. The van der Waals surface area contributed by atoms with Crippen LogP contribution in [-0.4, -0.2) is 65.1 Å². The summed E-state index contributed by atoms with van der Waals surface area (Å²) in [6.07, 6.45) is 1.01. The molecule has 168 valence electrons. The molecule has 32 heavy (non-hydrogen) atoms. The van der Waals surface area contributed by atoms with Crippen LogP contribution in [0, 0.1) is 12.8 Å². The van der Waals surface area contributed by atoms with Crippen LogP contribution >= 0.6 is 0 Å². The van der Waals surface area contributed by atoms with E-state index < -0.39 is 0 Å². The van der Waals surface area contributed by atoms with Gasteiger partial charge in [0, 0.05) is 44.7 Å². The molecule has 0 aromatic heterocycles. The summed E-state index contributed by atoms with van der Waals surface area (Å²) in [5.74, 6) is -0.234. The molecule has 3 amide bonds. The lowest BCUT2D eigenvalue weighted by atomic mass is 10.1. The fourth-order valence-electron chi connectivity index (χ4n) is 4.66. The summed E-state index contributed by atoms with van der Waals surface area (Å²) in [4.78, 5) is 44.3. The zero-order valence-electron chi connectivity index (χ0n) is 18.9. The zero-order chi connectivity index (χ0) is 22.7. The molecule has 6 heteroatoms. The van der Waals surface area contributed by atoms with Gasteiger partial charge in [-0.1, -0.05) is 48.0 Å². The van der Waals surface area contributed by atoms with E-state index in [1.807, 2.05) is 83.1 Å². The maximum Gasteiger partial charge on any atom is 0.253 e. The first-order valence-corrected chi connectivity index (χ1v) is 11.4. The average Bonchev–Trinajstić information content (AvgIpc) is 3.04. The number of carbonyl (C=O) groups excluding carboxylic acids is 3. The molecule has 0 radical (unpaired) electrons. The number of amides is 3. The van der Waals surface area contributed by atoms with Gasteiger partial charge in [-0.15, -0.1) is 0 Å². The molecule has 2 saturated heterocycles. The molecule has 0 saturated carbocycles. The molecule has 0 bridgehead atoms. The van der Waals surface area contributed by atoms with Crippen molar-refractivity contribution < 1.29 is 14.4 Å². The van der Waals surface area contributed by atoms with Crippen molar-refractivity contribution in [2.45, 2.75) is 32.7 Å². The highest BCUT2D eigenvalue weighted by molar-refractivity contribution is 5.94. The van der Waals surface area contributed by atoms with Gasteiger partial charge < -0.3 is 14.7 Å². The first-order chi connectivity index (χ1) is 15.4. The standard InChI is InChI=1S/C26H31N3O3/c1-19-9-11-22(12-10-19)25(31)27-13-6-14-28(16-15-27)26(32)23-17-24(30)29(18-23)20(2)21-7-4-3-5-8-21/h3-5,7-12,20,23H,6,13-18H2,1-2H3. The number of rotatable bonds is 4. The van der Waals surface area contributed by atoms with E-state index in [9.17, 15) is 14.4 Å². The molecule has 0 N–H and O–H groups in total. The van der Waals surface area contributed by atoms with Crippen LogP contribution in [0.15, 0.2) is 54.6 Å². The third-order valence-electron chi connectivity index (χ3n) is 6.65. The Labute approximate surface area is 189 Å². The van der Waals surface area contributed by atoms with Crippen molar-refractivity contribution in [3.05, 3.63) is 71.3 Å². The molecule has 0 spiro atoms. The molecule has 2 aromatic carbocycles. The van der Waals surface area contributed by atoms with Gasteiger partial charge in [0.2, 0.25) is 11.8 Å². The van der Waals surface area contributed by atoms with Crippen LogP contribution in [-0.2, 0) is 9.59 Å². The SMILES string of the molecule is Cc1ccc(C(=O)N2CCCN(C(=O)C3CC(=O)N(C(C)c4ccccc4)C3)CC2)cc1. The van der Waals surface area contributed by atoms with Crippen molar-refractivity contribution in [3.8, 4) is 0 Å². The van der Waals surface area contributed by atoms with Crippen LogP contribution in [0.3, 0.4) is 0 Å². The summed E-state index contributed by atoms with van der Waals surface area (Å²) >= 11 is 0. The van der Waals surface area contributed by atoms with E-state index in [2.05, 4.69) is 0 Å². The van der Waals surface area contributed by atoms with E-state index in [0.717, 1.165) is 17.5 Å². The molecule has 2 aliphatic heterocycles. The van der Waals surface area contributed by atoms with E-state index in [1.165, 1.54) is 0 Å². The molecular weight excluding hydrogens is 402 g/mol. The Kier molecular flexibility index (Phi) is 6.58. The minimum absolute atomic E-state index is 0.0122. The quantitative estimate of drug-likeness (QED) is 0.744. The lowest BCUT2D eigenvalue weighted by molar-refractivity contribution is -0.135. The largest absolute Gasteiger partial charge is 0.341 e. The Hall–Kier alpha value is -3.15. The van der Waals surface area contributed by atoms with Crippen molar-refractivity contribution in [3.63, 3.8) is 0 Å². The van der Waals surface area contributed by atoms with Crippen LogP contribution in [0.25, 0.3) is 0 Å². The number of carbonyl (C=O) groups is 3. The van der Waals surface area contributed by atoms with Crippen molar-refractivity contribution in [2.24, 2.45) is 5.92 Å². The monoisotopic (exact) mass is 433 g/mol. The predicted molar refractivity (Wildman–Crippen MR) is 123 cm³/mol. The van der Waals surface area contributed by atoms with Crippen LogP contribution < -0.4 is 0 Å².